The second-order valence-corrected chi connectivity index (χ2v) is 18.1. The third-order valence-electron chi connectivity index (χ3n) is 13.1. The van der Waals surface area contributed by atoms with Crippen LogP contribution in [-0.4, -0.2) is 0 Å². The Morgan fingerprint density at radius 3 is 1.05 bits per heavy atom. The molecule has 0 saturated heterocycles. The third-order valence-corrected chi connectivity index (χ3v) is 13.1. The molecule has 10 rings (SSSR count). The maximum absolute atomic E-state index is 2.45. The van der Waals surface area contributed by atoms with Crippen LogP contribution in [0.5, 0.6) is 0 Å². The molecule has 0 aromatic heterocycles. The molecule has 0 saturated carbocycles. The number of fused-ring (bicyclic) bond motifs is 2. The van der Waals surface area contributed by atoms with E-state index < -0.39 is 0 Å². The summed E-state index contributed by atoms with van der Waals surface area (Å²) in [5.74, 6) is 0. The molecule has 1 aliphatic carbocycles. The van der Waals surface area contributed by atoms with Crippen LogP contribution in [0.4, 0.5) is 34.1 Å². The Kier molecular flexibility index (Phi) is 10.1. The Hall–Kier alpha value is -7.16. The molecule has 62 heavy (non-hydrogen) atoms. The second-order valence-electron chi connectivity index (χ2n) is 18.1. The highest BCUT2D eigenvalue weighted by Gasteiger charge is 2.37. The van der Waals surface area contributed by atoms with E-state index in [9.17, 15) is 0 Å². The van der Waals surface area contributed by atoms with Crippen molar-refractivity contribution in [3.8, 4) is 33.4 Å². The van der Waals surface area contributed by atoms with Gasteiger partial charge in [0.15, 0.2) is 0 Å². The van der Waals surface area contributed by atoms with Crippen molar-refractivity contribution < 1.29 is 0 Å². The summed E-state index contributed by atoms with van der Waals surface area (Å²) in [5.41, 5.74) is 17.4. The molecule has 0 spiro atoms. The van der Waals surface area contributed by atoms with E-state index >= 15 is 0 Å². The number of hydrogen-bond donors (Lipinski definition) is 0. The van der Waals surface area contributed by atoms with Crippen LogP contribution in [0.15, 0.2) is 218 Å². The lowest BCUT2D eigenvalue weighted by atomic mass is 9.63. The van der Waals surface area contributed by atoms with Crippen molar-refractivity contribution in [3.05, 3.63) is 230 Å². The van der Waals surface area contributed by atoms with Gasteiger partial charge in [0.2, 0.25) is 0 Å². The Labute approximate surface area is 367 Å². The zero-order valence-corrected chi connectivity index (χ0v) is 36.1. The molecule has 0 heterocycles. The molecule has 0 bridgehead atoms. The number of benzene rings is 9. The van der Waals surface area contributed by atoms with Gasteiger partial charge < -0.3 is 9.80 Å². The first-order valence-corrected chi connectivity index (χ1v) is 22.0. The predicted octanol–water partition coefficient (Wildman–Crippen LogP) is 17.1. The number of hydrogen-bond acceptors (Lipinski definition) is 2. The smallest absolute Gasteiger partial charge is 0.0462 e. The summed E-state index contributed by atoms with van der Waals surface area (Å²) < 4.78 is 0. The number of para-hydroxylation sites is 2. The molecule has 2 nitrogen and oxygen atoms in total. The van der Waals surface area contributed by atoms with Gasteiger partial charge in [-0.25, -0.2) is 0 Å². The van der Waals surface area contributed by atoms with E-state index in [0.29, 0.717) is 0 Å². The lowest BCUT2D eigenvalue weighted by Crippen LogP contribution is -2.33. The minimum Gasteiger partial charge on any atom is -0.311 e. The molecular formula is C60H52N2. The molecule has 0 aliphatic heterocycles. The average Bonchev–Trinajstić information content (AvgIpc) is 3.32. The predicted molar refractivity (Wildman–Crippen MR) is 265 cm³/mol. The second kappa shape index (κ2) is 16.0. The molecule has 2 heteroatoms. The van der Waals surface area contributed by atoms with Crippen molar-refractivity contribution in [2.45, 2.75) is 51.4 Å². The summed E-state index contributed by atoms with van der Waals surface area (Å²) in [6.07, 6.45) is 2.43. The van der Waals surface area contributed by atoms with E-state index in [1.54, 1.807) is 0 Å². The van der Waals surface area contributed by atoms with E-state index in [0.717, 1.165) is 34.1 Å². The molecule has 0 fully saturated rings. The molecule has 9 aromatic rings. The third kappa shape index (κ3) is 7.58. The standard InChI is InChI=1S/C60H52N2/c1-59(2)39-40-60(3,4)58-42-50(29-38-57(58)59)47-27-36-56(37-28-47)62(52-17-9-6-10-18-52)54-32-23-45(24-33-54)44-21-30-53(31-22-44)61(51-15-7-5-8-16-51)55-34-25-46(26-35-55)49-20-19-43-13-11-12-14-48(43)41-49/h5-38,41-42H,39-40H2,1-4H3. The van der Waals surface area contributed by atoms with Crippen LogP contribution in [0.3, 0.4) is 0 Å². The molecule has 0 amide bonds. The quantitative estimate of drug-likeness (QED) is 0.143. The lowest BCUT2D eigenvalue weighted by Gasteiger charge is -2.42. The van der Waals surface area contributed by atoms with Gasteiger partial charge in [0.25, 0.3) is 0 Å². The number of nitrogens with zero attached hydrogens (tertiary/aromatic N) is 2. The van der Waals surface area contributed by atoms with Gasteiger partial charge in [0.1, 0.15) is 0 Å². The van der Waals surface area contributed by atoms with Crippen LogP contribution in [0.25, 0.3) is 44.2 Å². The van der Waals surface area contributed by atoms with E-state index in [4.69, 9.17) is 0 Å². The molecule has 0 N–H and O–H groups in total. The van der Waals surface area contributed by atoms with Crippen LogP contribution in [0, 0.1) is 0 Å². The van der Waals surface area contributed by atoms with Gasteiger partial charge in [-0.1, -0.05) is 167 Å². The fourth-order valence-corrected chi connectivity index (χ4v) is 9.40. The fraction of sp³-hybridized carbons (Fsp3) is 0.133. The van der Waals surface area contributed by atoms with E-state index in [1.807, 2.05) is 0 Å². The molecular weight excluding hydrogens is 749 g/mol. The zero-order chi connectivity index (χ0) is 42.3. The van der Waals surface area contributed by atoms with Gasteiger partial charge >= 0.3 is 0 Å². The van der Waals surface area contributed by atoms with E-state index in [2.05, 4.69) is 256 Å². The molecule has 302 valence electrons. The fourth-order valence-electron chi connectivity index (χ4n) is 9.40. The highest BCUT2D eigenvalue weighted by atomic mass is 15.1. The highest BCUT2D eigenvalue weighted by molar-refractivity contribution is 5.88. The summed E-state index contributed by atoms with van der Waals surface area (Å²) in [4.78, 5) is 4.67. The Balaban J connectivity index is 0.916. The van der Waals surface area contributed by atoms with Gasteiger partial charge in [0.05, 0.1) is 0 Å². The SMILES string of the molecule is CC1(C)CCC(C)(C)c2cc(-c3ccc(N(c4ccccc4)c4ccc(-c5ccc(N(c6ccccc6)c6ccc(-c7ccc8ccccc8c7)cc6)cc5)cc4)cc3)ccc21. The van der Waals surface area contributed by atoms with Crippen molar-refractivity contribution >= 4 is 44.9 Å². The van der Waals surface area contributed by atoms with Crippen molar-refractivity contribution in [2.75, 3.05) is 9.80 Å². The molecule has 0 radical (unpaired) electrons. The average molecular weight is 801 g/mol. The first-order valence-electron chi connectivity index (χ1n) is 22.0. The van der Waals surface area contributed by atoms with E-state index in [1.165, 1.54) is 68.1 Å². The van der Waals surface area contributed by atoms with Crippen LogP contribution in [0.2, 0.25) is 0 Å². The van der Waals surface area contributed by atoms with Gasteiger partial charge in [-0.2, -0.15) is 0 Å². The molecule has 9 aromatic carbocycles. The summed E-state index contributed by atoms with van der Waals surface area (Å²) in [5, 5.41) is 2.51. The number of anilines is 6. The van der Waals surface area contributed by atoms with Gasteiger partial charge in [-0.3, -0.25) is 0 Å². The van der Waals surface area contributed by atoms with Gasteiger partial charge in [-0.05, 0) is 158 Å². The zero-order valence-electron chi connectivity index (χ0n) is 36.1. The summed E-state index contributed by atoms with van der Waals surface area (Å²) in [7, 11) is 0. The topological polar surface area (TPSA) is 6.48 Å². The lowest BCUT2D eigenvalue weighted by molar-refractivity contribution is 0.332. The Morgan fingerprint density at radius 2 is 0.597 bits per heavy atom. The minimum absolute atomic E-state index is 0.175. The maximum Gasteiger partial charge on any atom is 0.0462 e. The normalized spacial score (nSPS) is 13.9. The van der Waals surface area contributed by atoms with Gasteiger partial charge in [0, 0.05) is 34.1 Å². The van der Waals surface area contributed by atoms with Crippen molar-refractivity contribution in [1.82, 2.24) is 0 Å². The molecule has 0 atom stereocenters. The maximum atomic E-state index is 2.45. The Bertz CT molecular complexity index is 2960. The van der Waals surface area contributed by atoms with Crippen molar-refractivity contribution in [2.24, 2.45) is 0 Å². The number of rotatable bonds is 9. The monoisotopic (exact) mass is 800 g/mol. The first-order chi connectivity index (χ1) is 30.2. The highest BCUT2D eigenvalue weighted by Crippen LogP contribution is 2.47. The van der Waals surface area contributed by atoms with Crippen molar-refractivity contribution in [1.29, 1.82) is 0 Å². The van der Waals surface area contributed by atoms with Crippen LogP contribution in [0.1, 0.15) is 51.7 Å². The van der Waals surface area contributed by atoms with Crippen molar-refractivity contribution in [3.63, 3.8) is 0 Å². The van der Waals surface area contributed by atoms with E-state index in [-0.39, 0.29) is 10.8 Å². The largest absolute Gasteiger partial charge is 0.311 e. The first kappa shape index (κ1) is 39.0. The molecule has 0 unspecified atom stereocenters. The van der Waals surface area contributed by atoms with Crippen LogP contribution >= 0.6 is 0 Å². The van der Waals surface area contributed by atoms with Crippen LogP contribution < -0.4 is 9.80 Å². The van der Waals surface area contributed by atoms with Crippen LogP contribution in [-0.2, 0) is 10.8 Å². The minimum atomic E-state index is 0.175. The summed E-state index contributed by atoms with van der Waals surface area (Å²) in [6.45, 7) is 9.59. The Morgan fingerprint density at radius 1 is 0.274 bits per heavy atom. The summed E-state index contributed by atoms with van der Waals surface area (Å²) in [6, 6.07) is 79.6. The molecule has 1 aliphatic rings. The van der Waals surface area contributed by atoms with Gasteiger partial charge in [-0.15, -0.1) is 0 Å². The summed E-state index contributed by atoms with van der Waals surface area (Å²) >= 11 is 0.